The van der Waals surface area contributed by atoms with Crippen molar-refractivity contribution in [3.8, 4) is 5.75 Å². The molecule has 1 N–H and O–H groups in total. The number of halogens is 4. The number of rotatable bonds is 7. The van der Waals surface area contributed by atoms with E-state index in [0.29, 0.717) is 10.7 Å². The first kappa shape index (κ1) is 19.9. The Kier molecular flexibility index (Phi) is 7.17. The van der Waals surface area contributed by atoms with E-state index in [4.69, 9.17) is 28.0 Å². The monoisotopic (exact) mass is 402 g/mol. The molecule has 0 aromatic heterocycles. The largest absolute Gasteiger partial charge is 0.434 e. The van der Waals surface area contributed by atoms with Crippen LogP contribution in [0, 0.1) is 0 Å². The van der Waals surface area contributed by atoms with Crippen LogP contribution < -0.4 is 10.1 Å². The minimum atomic E-state index is -2.96. The van der Waals surface area contributed by atoms with Crippen molar-refractivity contribution in [2.45, 2.75) is 19.6 Å². The van der Waals surface area contributed by atoms with Gasteiger partial charge in [-0.2, -0.15) is 8.78 Å². The first-order chi connectivity index (χ1) is 12.4. The number of amides is 1. The van der Waals surface area contributed by atoms with E-state index in [9.17, 15) is 13.6 Å². The summed E-state index contributed by atoms with van der Waals surface area (Å²) >= 11 is 11.8. The third kappa shape index (κ3) is 5.86. The van der Waals surface area contributed by atoms with Gasteiger partial charge in [-0.25, -0.2) is 0 Å². The van der Waals surface area contributed by atoms with Crippen LogP contribution in [0.25, 0.3) is 0 Å². The van der Waals surface area contributed by atoms with E-state index in [1.165, 1.54) is 31.3 Å². The molecule has 2 aromatic carbocycles. The fourth-order valence-electron chi connectivity index (χ4n) is 1.84. The van der Waals surface area contributed by atoms with E-state index < -0.39 is 18.6 Å². The lowest BCUT2D eigenvalue weighted by Crippen LogP contribution is -2.26. The van der Waals surface area contributed by atoms with E-state index in [0.717, 1.165) is 0 Å². The number of carbonyl (C=O) groups excluding carboxylic acids is 1. The molecule has 2 aromatic rings. The number of oxime groups is 1. The van der Waals surface area contributed by atoms with Crippen molar-refractivity contribution < 1.29 is 23.1 Å². The highest BCUT2D eigenvalue weighted by Crippen LogP contribution is 2.25. The maximum atomic E-state index is 12.4. The Morgan fingerprint density at radius 1 is 1.23 bits per heavy atom. The van der Waals surface area contributed by atoms with Gasteiger partial charge in [0.25, 0.3) is 5.91 Å². The fraction of sp³-hybridized carbons (Fsp3) is 0.176. The molecule has 5 nitrogen and oxygen atoms in total. The van der Waals surface area contributed by atoms with Crippen LogP contribution in [0.15, 0.2) is 47.6 Å². The topological polar surface area (TPSA) is 59.9 Å². The number of ether oxygens (including phenoxy) is 1. The van der Waals surface area contributed by atoms with E-state index in [2.05, 4.69) is 15.2 Å². The highest BCUT2D eigenvalue weighted by Gasteiger charge is 2.16. The molecule has 0 saturated carbocycles. The van der Waals surface area contributed by atoms with Gasteiger partial charge in [-0.1, -0.05) is 40.5 Å². The maximum absolute atomic E-state index is 12.4. The van der Waals surface area contributed by atoms with Gasteiger partial charge in [0, 0.05) is 10.6 Å². The predicted molar refractivity (Wildman–Crippen MR) is 96.3 cm³/mol. The van der Waals surface area contributed by atoms with Gasteiger partial charge >= 0.3 is 6.61 Å². The van der Waals surface area contributed by atoms with Gasteiger partial charge in [-0.05, 0) is 37.3 Å². The molecule has 0 fully saturated rings. The lowest BCUT2D eigenvalue weighted by molar-refractivity contribution is -0.126. The second-order valence-electron chi connectivity index (χ2n) is 5.01. The van der Waals surface area contributed by atoms with Gasteiger partial charge in [0.15, 0.2) is 0 Å². The molecule has 0 radical (unpaired) electrons. The molecule has 0 aliphatic rings. The van der Waals surface area contributed by atoms with Gasteiger partial charge in [-0.3, -0.25) is 4.79 Å². The van der Waals surface area contributed by atoms with Crippen molar-refractivity contribution in [1.82, 2.24) is 0 Å². The van der Waals surface area contributed by atoms with Gasteiger partial charge in [0.2, 0.25) is 6.10 Å². The molecule has 138 valence electrons. The number of nitrogens with zero attached hydrogens (tertiary/aromatic N) is 1. The second-order valence-corrected chi connectivity index (χ2v) is 5.86. The zero-order valence-corrected chi connectivity index (χ0v) is 15.0. The lowest BCUT2D eigenvalue weighted by atomic mass is 10.2. The fourth-order valence-corrected chi connectivity index (χ4v) is 2.30. The Balaban J connectivity index is 1.96. The summed E-state index contributed by atoms with van der Waals surface area (Å²) < 4.78 is 29.1. The normalized spacial score (nSPS) is 12.2. The Bertz CT molecular complexity index is 803. The second kappa shape index (κ2) is 9.35. The highest BCUT2D eigenvalue weighted by atomic mass is 35.5. The zero-order chi connectivity index (χ0) is 19.1. The molecule has 0 unspecified atom stereocenters. The predicted octanol–water partition coefficient (Wildman–Crippen LogP) is 4.97. The average molecular weight is 403 g/mol. The van der Waals surface area contributed by atoms with Crippen molar-refractivity contribution in [3.05, 3.63) is 58.1 Å². The summed E-state index contributed by atoms with van der Waals surface area (Å²) in [4.78, 5) is 17.1. The van der Waals surface area contributed by atoms with Crippen LogP contribution in [0.3, 0.4) is 0 Å². The number of benzene rings is 2. The number of alkyl halides is 2. The minimum Gasteiger partial charge on any atom is -0.434 e. The van der Waals surface area contributed by atoms with Gasteiger partial charge in [-0.15, -0.1) is 0 Å². The molecule has 26 heavy (non-hydrogen) atoms. The first-order valence-electron chi connectivity index (χ1n) is 7.35. The Hall–Kier alpha value is -2.38. The molecule has 0 aliphatic heterocycles. The molecular formula is C17H14Cl2F2N2O3. The van der Waals surface area contributed by atoms with Gasteiger partial charge < -0.3 is 14.9 Å². The Morgan fingerprint density at radius 3 is 2.65 bits per heavy atom. The number of carbonyl (C=O) groups is 1. The van der Waals surface area contributed by atoms with Crippen molar-refractivity contribution in [1.29, 1.82) is 0 Å². The average Bonchev–Trinajstić information content (AvgIpc) is 2.58. The van der Waals surface area contributed by atoms with E-state index in [1.807, 2.05) is 0 Å². The van der Waals surface area contributed by atoms with Crippen molar-refractivity contribution in [2.24, 2.45) is 5.16 Å². The summed E-state index contributed by atoms with van der Waals surface area (Å²) in [6.07, 6.45) is 0.220. The van der Waals surface area contributed by atoms with Crippen LogP contribution in [0.2, 0.25) is 10.0 Å². The molecule has 0 bridgehead atoms. The van der Waals surface area contributed by atoms with E-state index >= 15 is 0 Å². The van der Waals surface area contributed by atoms with E-state index in [1.54, 1.807) is 24.3 Å². The SMILES string of the molecule is C[C@@H](O/N=C\c1ccccc1OC(F)F)C(=O)Nc1ccc(Cl)cc1Cl. The Morgan fingerprint density at radius 2 is 1.96 bits per heavy atom. The molecule has 2 rings (SSSR count). The minimum absolute atomic E-state index is 0.0556. The molecule has 1 amide bonds. The molecule has 1 atom stereocenters. The third-order valence-corrected chi connectivity index (χ3v) is 3.65. The summed E-state index contributed by atoms with van der Waals surface area (Å²) in [6, 6.07) is 10.7. The number of para-hydroxylation sites is 1. The maximum Gasteiger partial charge on any atom is 0.387 e. The molecule has 9 heteroatoms. The quantitative estimate of drug-likeness (QED) is 0.525. The number of hydrogen-bond acceptors (Lipinski definition) is 4. The summed E-state index contributed by atoms with van der Waals surface area (Å²) in [5, 5.41) is 6.93. The van der Waals surface area contributed by atoms with Crippen LogP contribution in [-0.4, -0.2) is 24.8 Å². The van der Waals surface area contributed by atoms with Gasteiger partial charge in [0.1, 0.15) is 5.75 Å². The molecular weight excluding hydrogens is 389 g/mol. The number of nitrogens with one attached hydrogen (secondary N) is 1. The van der Waals surface area contributed by atoms with Crippen LogP contribution in [0.4, 0.5) is 14.5 Å². The van der Waals surface area contributed by atoms with Crippen molar-refractivity contribution in [2.75, 3.05) is 5.32 Å². The summed E-state index contributed by atoms with van der Waals surface area (Å²) in [7, 11) is 0. The molecule has 0 saturated heterocycles. The number of anilines is 1. The highest BCUT2D eigenvalue weighted by molar-refractivity contribution is 6.36. The van der Waals surface area contributed by atoms with Crippen molar-refractivity contribution >= 4 is 41.0 Å². The lowest BCUT2D eigenvalue weighted by Gasteiger charge is -2.12. The van der Waals surface area contributed by atoms with E-state index in [-0.39, 0.29) is 16.3 Å². The molecule has 0 heterocycles. The zero-order valence-electron chi connectivity index (χ0n) is 13.5. The van der Waals surface area contributed by atoms with Crippen molar-refractivity contribution in [3.63, 3.8) is 0 Å². The number of hydrogen-bond donors (Lipinski definition) is 1. The first-order valence-corrected chi connectivity index (χ1v) is 8.11. The summed E-state index contributed by atoms with van der Waals surface area (Å²) in [5.41, 5.74) is 0.650. The third-order valence-electron chi connectivity index (χ3n) is 3.10. The van der Waals surface area contributed by atoms with Crippen LogP contribution >= 0.6 is 23.2 Å². The molecule has 0 aliphatic carbocycles. The standard InChI is InChI=1S/C17H14Cl2F2N2O3/c1-10(16(24)23-14-7-6-12(18)8-13(14)19)26-22-9-11-4-2-3-5-15(11)25-17(20)21/h2-10,17H,1H3,(H,23,24)/b22-9-/t10-/m1/s1. The van der Waals surface area contributed by atoms with Crippen LogP contribution in [0.5, 0.6) is 5.75 Å². The smallest absolute Gasteiger partial charge is 0.387 e. The molecule has 0 spiro atoms. The van der Waals surface area contributed by atoms with Gasteiger partial charge in [0.05, 0.1) is 16.9 Å². The Labute approximate surface area is 158 Å². The van der Waals surface area contributed by atoms with Crippen LogP contribution in [0.1, 0.15) is 12.5 Å². The summed E-state index contributed by atoms with van der Waals surface area (Å²) in [6.45, 7) is -1.49. The summed E-state index contributed by atoms with van der Waals surface area (Å²) in [5.74, 6) is -0.552. The van der Waals surface area contributed by atoms with Crippen LogP contribution in [-0.2, 0) is 9.63 Å².